The maximum Gasteiger partial charge on any atom is 0.350 e. The quantitative estimate of drug-likeness (QED) is 0.192. The van der Waals surface area contributed by atoms with Gasteiger partial charge in [0.15, 0.2) is 12.4 Å². The van der Waals surface area contributed by atoms with Crippen molar-refractivity contribution < 1.29 is 47.6 Å². The molecule has 1 aromatic rings. The lowest BCUT2D eigenvalue weighted by Gasteiger charge is -2.61. The second-order valence-electron chi connectivity index (χ2n) is 9.51. The third-order valence-corrected chi connectivity index (χ3v) is 7.31. The highest BCUT2D eigenvalue weighted by atomic mass is 35.6. The van der Waals surface area contributed by atoms with Crippen molar-refractivity contribution >= 4 is 58.6 Å². The molecule has 14 heteroatoms. The summed E-state index contributed by atoms with van der Waals surface area (Å²) >= 11 is 17.8. The van der Waals surface area contributed by atoms with E-state index >= 15 is 0 Å². The van der Waals surface area contributed by atoms with Gasteiger partial charge in [-0.3, -0.25) is 14.4 Å². The van der Waals surface area contributed by atoms with Crippen LogP contribution in [-0.4, -0.2) is 77.6 Å². The van der Waals surface area contributed by atoms with Crippen LogP contribution in [0, 0.1) is 5.92 Å². The summed E-state index contributed by atoms with van der Waals surface area (Å²) in [7, 11) is 2.66. The Balaban J connectivity index is 2.31. The van der Waals surface area contributed by atoms with Crippen molar-refractivity contribution in [3.63, 3.8) is 0 Å². The molecule has 0 aromatic heterocycles. The molecule has 3 rings (SSSR count). The lowest BCUT2D eigenvalue weighted by molar-refractivity contribution is -0.299. The Labute approximate surface area is 240 Å². The fourth-order valence-electron chi connectivity index (χ4n) is 5.38. The Kier molecular flexibility index (Phi) is 9.78. The summed E-state index contributed by atoms with van der Waals surface area (Å²) in [6.45, 7) is 3.77. The van der Waals surface area contributed by atoms with Crippen molar-refractivity contribution in [3.8, 4) is 0 Å². The van der Waals surface area contributed by atoms with Crippen LogP contribution in [0.2, 0.25) is 0 Å². The van der Waals surface area contributed by atoms with Crippen LogP contribution in [-0.2, 0) is 54.2 Å². The number of esters is 3. The van der Waals surface area contributed by atoms with E-state index in [4.69, 9.17) is 63.2 Å². The van der Waals surface area contributed by atoms with Crippen LogP contribution in [0.4, 0.5) is 0 Å². The topological polar surface area (TPSA) is 136 Å². The van der Waals surface area contributed by atoms with Gasteiger partial charge in [-0.25, -0.2) is 4.79 Å². The fourth-order valence-corrected chi connectivity index (χ4v) is 5.53. The van der Waals surface area contributed by atoms with Crippen molar-refractivity contribution in [2.75, 3.05) is 14.2 Å². The molecule has 2 fully saturated rings. The molecule has 1 aliphatic carbocycles. The van der Waals surface area contributed by atoms with Crippen molar-refractivity contribution in [2.45, 2.75) is 73.3 Å². The Morgan fingerprint density at radius 1 is 1.10 bits per heavy atom. The molecule has 0 spiro atoms. The first-order valence-corrected chi connectivity index (χ1v) is 13.0. The summed E-state index contributed by atoms with van der Waals surface area (Å²) in [6, 6.07) is 8.98. The average molecular weight is 611 g/mol. The van der Waals surface area contributed by atoms with Crippen LogP contribution < -0.4 is 5.32 Å². The number of alkyl halides is 3. The second-order valence-corrected chi connectivity index (χ2v) is 11.8. The van der Waals surface area contributed by atoms with Gasteiger partial charge in [0.05, 0.1) is 6.61 Å². The fraction of sp³-hybridized carbons (Fsp3) is 0.600. The van der Waals surface area contributed by atoms with Gasteiger partial charge in [0.1, 0.15) is 17.2 Å². The number of methoxy groups -OCH3 is 2. The standard InChI is InChI=1S/C25H30Cl3NO10/c1-13(30)37-19-20(32)38-17-18(36-12-15-9-7-6-8-10-15)24(19,29-22(33)25(26,27)28)16(21(34-4)35-5)11-23(17,3)39-14(2)31/h6-10,16-19,21H,11-12H2,1-5H3,(H,29,33)/t16-,17+,18?,19-,23+,24-/m1/s1. The molecule has 2 aliphatic rings. The minimum Gasteiger partial charge on any atom is -0.455 e. The van der Waals surface area contributed by atoms with Crippen molar-refractivity contribution in [2.24, 2.45) is 5.92 Å². The number of hydrogen-bond acceptors (Lipinski definition) is 10. The number of benzene rings is 1. The monoisotopic (exact) mass is 609 g/mol. The van der Waals surface area contributed by atoms with E-state index in [1.165, 1.54) is 21.1 Å². The van der Waals surface area contributed by atoms with E-state index in [1.54, 1.807) is 31.2 Å². The van der Waals surface area contributed by atoms with Crippen molar-refractivity contribution in [3.05, 3.63) is 35.9 Å². The zero-order valence-corrected chi connectivity index (χ0v) is 24.2. The zero-order valence-electron chi connectivity index (χ0n) is 21.9. The number of rotatable bonds is 9. The molecule has 1 saturated heterocycles. The smallest absolute Gasteiger partial charge is 0.350 e. The molecular formula is C25H30Cl3NO10. The van der Waals surface area contributed by atoms with Gasteiger partial charge in [-0.05, 0) is 12.5 Å². The predicted molar refractivity (Wildman–Crippen MR) is 138 cm³/mol. The second kappa shape index (κ2) is 12.2. The number of carbonyl (C=O) groups is 4. The SMILES string of the molecule is COC(OC)[C@H]1C[C@](C)(OC(C)=O)[C@H]2OC(=O)[C@@H](OC(C)=O)[C@]1(NC(=O)C(Cl)(Cl)Cl)C2OCc1ccccc1. The molecule has 6 atom stereocenters. The van der Waals surface area contributed by atoms with E-state index in [2.05, 4.69) is 5.32 Å². The first-order chi connectivity index (χ1) is 18.2. The number of amides is 1. The lowest BCUT2D eigenvalue weighted by atomic mass is 9.59. The highest BCUT2D eigenvalue weighted by molar-refractivity contribution is 6.76. The molecule has 11 nitrogen and oxygen atoms in total. The van der Waals surface area contributed by atoms with E-state index in [1.807, 2.05) is 6.07 Å². The summed E-state index contributed by atoms with van der Waals surface area (Å²) < 4.78 is 31.8. The largest absolute Gasteiger partial charge is 0.455 e. The molecule has 39 heavy (non-hydrogen) atoms. The minimum atomic E-state index is -2.49. The van der Waals surface area contributed by atoms with Gasteiger partial charge in [-0.1, -0.05) is 65.1 Å². The number of hydrogen-bond donors (Lipinski definition) is 1. The van der Waals surface area contributed by atoms with Crippen molar-refractivity contribution in [1.29, 1.82) is 0 Å². The lowest BCUT2D eigenvalue weighted by Crippen LogP contribution is -2.84. The number of carbonyl (C=O) groups excluding carboxylic acids is 4. The molecule has 1 aromatic carbocycles. The number of nitrogens with one attached hydrogen (secondary N) is 1. The molecule has 1 amide bonds. The first kappa shape index (κ1) is 31.4. The Bertz CT molecular complexity index is 1080. The van der Waals surface area contributed by atoms with Crippen LogP contribution in [0.1, 0.15) is 32.8 Å². The number of halogens is 3. The third-order valence-electron chi connectivity index (χ3n) is 6.79. The van der Waals surface area contributed by atoms with Gasteiger partial charge in [0, 0.05) is 40.4 Å². The Morgan fingerprint density at radius 3 is 2.23 bits per heavy atom. The molecule has 1 unspecified atom stereocenters. The first-order valence-electron chi connectivity index (χ1n) is 11.9. The normalized spacial score (nSPS) is 30.3. The van der Waals surface area contributed by atoms with Gasteiger partial charge >= 0.3 is 17.9 Å². The Morgan fingerprint density at radius 2 is 1.72 bits per heavy atom. The predicted octanol–water partition coefficient (Wildman–Crippen LogP) is 2.61. The summed E-state index contributed by atoms with van der Waals surface area (Å²) in [6.07, 6.45) is -5.69. The van der Waals surface area contributed by atoms with E-state index in [0.29, 0.717) is 0 Å². The average Bonchev–Trinajstić information content (AvgIpc) is 2.84. The van der Waals surface area contributed by atoms with E-state index in [9.17, 15) is 19.2 Å². The van der Waals surface area contributed by atoms with E-state index in [0.717, 1.165) is 12.5 Å². The van der Waals surface area contributed by atoms with Crippen LogP contribution in [0.15, 0.2) is 30.3 Å². The van der Waals surface area contributed by atoms with Crippen LogP contribution >= 0.6 is 34.8 Å². The molecule has 0 radical (unpaired) electrons. The van der Waals surface area contributed by atoms with Crippen molar-refractivity contribution in [1.82, 2.24) is 5.32 Å². The summed E-state index contributed by atoms with van der Waals surface area (Å²) in [5.41, 5.74) is -2.75. The summed E-state index contributed by atoms with van der Waals surface area (Å²) in [5, 5.41) is 2.63. The number of fused-ring (bicyclic) bond motifs is 2. The molecule has 216 valence electrons. The maximum absolute atomic E-state index is 13.5. The zero-order chi connectivity index (χ0) is 29.2. The molecular weight excluding hydrogens is 581 g/mol. The van der Waals surface area contributed by atoms with Crippen LogP contribution in [0.25, 0.3) is 0 Å². The number of ether oxygens (including phenoxy) is 6. The van der Waals surface area contributed by atoms with E-state index in [-0.39, 0.29) is 13.0 Å². The Hall–Kier alpha value is -2.15. The van der Waals surface area contributed by atoms with Gasteiger partial charge < -0.3 is 33.7 Å². The van der Waals surface area contributed by atoms with Gasteiger partial charge in [0.25, 0.3) is 9.70 Å². The van der Waals surface area contributed by atoms with Crippen LogP contribution in [0.5, 0.6) is 0 Å². The third kappa shape index (κ3) is 6.44. The minimum absolute atomic E-state index is 0.0504. The maximum atomic E-state index is 13.5. The highest BCUT2D eigenvalue weighted by Crippen LogP contribution is 2.52. The van der Waals surface area contributed by atoms with Crippen LogP contribution in [0.3, 0.4) is 0 Å². The molecule has 1 saturated carbocycles. The molecule has 1 heterocycles. The summed E-state index contributed by atoms with van der Waals surface area (Å²) in [5.74, 6) is -4.80. The highest BCUT2D eigenvalue weighted by Gasteiger charge is 2.74. The van der Waals surface area contributed by atoms with Gasteiger partial charge in [-0.15, -0.1) is 0 Å². The molecule has 1 N–H and O–H groups in total. The van der Waals surface area contributed by atoms with E-state index < -0.39 is 69.3 Å². The molecule has 2 bridgehead atoms. The molecule has 1 aliphatic heterocycles. The van der Waals surface area contributed by atoms with Gasteiger partial charge in [-0.2, -0.15) is 0 Å². The van der Waals surface area contributed by atoms with Gasteiger partial charge in [0.2, 0.25) is 6.10 Å². The summed E-state index contributed by atoms with van der Waals surface area (Å²) in [4.78, 5) is 51.2.